The smallest absolute Gasteiger partial charge is 0.253 e. The Morgan fingerprint density at radius 3 is 2.69 bits per heavy atom. The number of halogens is 3. The second-order valence-electron chi connectivity index (χ2n) is 2.80. The number of aryl methyl sites for hydroxylation is 1. The number of imidazole rings is 1. The first-order valence-corrected chi connectivity index (χ1v) is 4.09. The van der Waals surface area contributed by atoms with Crippen molar-refractivity contribution in [3.8, 4) is 0 Å². The molecule has 0 radical (unpaired) electrons. The molecule has 74 valence electrons. The van der Waals surface area contributed by atoms with Gasteiger partial charge in [0.2, 0.25) is 0 Å². The maximum Gasteiger partial charge on any atom is 0.253 e. The highest BCUT2D eigenvalue weighted by Gasteiger charge is 2.19. The molecule has 0 aliphatic carbocycles. The van der Waals surface area contributed by atoms with E-state index >= 15 is 0 Å². The van der Waals surface area contributed by atoms with Crippen molar-refractivity contribution in [2.24, 2.45) is 12.8 Å². The van der Waals surface area contributed by atoms with Gasteiger partial charge in [-0.2, -0.15) is 0 Å². The first-order chi connectivity index (χ1) is 6.02. The zero-order valence-electron chi connectivity index (χ0n) is 7.04. The van der Waals surface area contributed by atoms with E-state index < -0.39 is 12.5 Å². The Hall–Kier alpha value is -0.680. The molecule has 1 aromatic heterocycles. The Morgan fingerprint density at radius 2 is 2.31 bits per heavy atom. The summed E-state index contributed by atoms with van der Waals surface area (Å²) in [5, 5.41) is 0.235. The number of hydrogen-bond acceptors (Lipinski definition) is 2. The van der Waals surface area contributed by atoms with Gasteiger partial charge in [-0.25, -0.2) is 13.8 Å². The molecule has 0 bridgehead atoms. The fourth-order valence-corrected chi connectivity index (χ4v) is 1.22. The van der Waals surface area contributed by atoms with Gasteiger partial charge in [0.25, 0.3) is 6.43 Å². The molecule has 0 fully saturated rings. The van der Waals surface area contributed by atoms with Crippen LogP contribution in [0.2, 0.25) is 5.15 Å². The molecule has 1 unspecified atom stereocenters. The van der Waals surface area contributed by atoms with Gasteiger partial charge < -0.3 is 10.3 Å². The monoisotopic (exact) mass is 209 g/mol. The van der Waals surface area contributed by atoms with Crippen LogP contribution in [0, 0.1) is 0 Å². The highest BCUT2D eigenvalue weighted by Crippen LogP contribution is 2.15. The third kappa shape index (κ3) is 2.38. The minimum atomic E-state index is -2.54. The first kappa shape index (κ1) is 10.4. The number of rotatable bonds is 3. The van der Waals surface area contributed by atoms with Crippen LogP contribution in [0.3, 0.4) is 0 Å². The van der Waals surface area contributed by atoms with Gasteiger partial charge >= 0.3 is 0 Å². The summed E-state index contributed by atoms with van der Waals surface area (Å²) in [7, 11) is 1.69. The summed E-state index contributed by atoms with van der Waals surface area (Å²) in [4.78, 5) is 3.76. The van der Waals surface area contributed by atoms with Crippen LogP contribution in [0.1, 0.15) is 5.69 Å². The molecule has 0 aliphatic rings. The summed E-state index contributed by atoms with van der Waals surface area (Å²) in [6.45, 7) is 0. The van der Waals surface area contributed by atoms with Crippen molar-refractivity contribution in [3.63, 3.8) is 0 Å². The molecule has 1 heterocycles. The van der Waals surface area contributed by atoms with Crippen molar-refractivity contribution in [2.75, 3.05) is 0 Å². The van der Waals surface area contributed by atoms with Crippen molar-refractivity contribution in [1.29, 1.82) is 0 Å². The molecule has 13 heavy (non-hydrogen) atoms. The SMILES string of the molecule is Cn1cnc(Cl)c1CC(N)C(F)F. The summed E-state index contributed by atoms with van der Waals surface area (Å²) >= 11 is 5.66. The summed E-state index contributed by atoms with van der Waals surface area (Å²) in [6, 6.07) is -1.19. The van der Waals surface area contributed by atoms with Crippen LogP contribution >= 0.6 is 11.6 Å². The van der Waals surface area contributed by atoms with Gasteiger partial charge in [-0.1, -0.05) is 11.6 Å². The molecular formula is C7H10ClF2N3. The molecule has 1 rings (SSSR count). The highest BCUT2D eigenvalue weighted by molar-refractivity contribution is 6.30. The van der Waals surface area contributed by atoms with E-state index in [1.54, 1.807) is 11.6 Å². The van der Waals surface area contributed by atoms with Gasteiger partial charge in [0.1, 0.15) is 5.15 Å². The Labute approximate surface area is 79.5 Å². The minimum Gasteiger partial charge on any atom is -0.336 e. The Morgan fingerprint density at radius 1 is 1.69 bits per heavy atom. The van der Waals surface area contributed by atoms with Gasteiger partial charge in [-0.05, 0) is 0 Å². The summed E-state index contributed by atoms with van der Waals surface area (Å²) in [6.07, 6.45) is -1.03. The van der Waals surface area contributed by atoms with Crippen LogP contribution in [0.4, 0.5) is 8.78 Å². The first-order valence-electron chi connectivity index (χ1n) is 3.71. The van der Waals surface area contributed by atoms with Crippen LogP contribution in [0.5, 0.6) is 0 Å². The lowest BCUT2D eigenvalue weighted by Gasteiger charge is -2.10. The normalized spacial score (nSPS) is 13.7. The van der Waals surface area contributed by atoms with Crippen LogP contribution in [-0.4, -0.2) is 22.0 Å². The predicted octanol–water partition coefficient (Wildman–Crippen LogP) is 1.21. The molecule has 0 aromatic carbocycles. The van der Waals surface area contributed by atoms with E-state index in [4.69, 9.17) is 17.3 Å². The van der Waals surface area contributed by atoms with Crippen LogP contribution in [-0.2, 0) is 13.5 Å². The van der Waals surface area contributed by atoms with Crippen molar-refractivity contribution in [2.45, 2.75) is 18.9 Å². The van der Waals surface area contributed by atoms with Gasteiger partial charge in [0, 0.05) is 13.5 Å². The van der Waals surface area contributed by atoms with Crippen molar-refractivity contribution in [3.05, 3.63) is 17.2 Å². The molecular weight excluding hydrogens is 200 g/mol. The average Bonchev–Trinajstić information content (AvgIpc) is 2.35. The number of nitrogens with zero attached hydrogens (tertiary/aromatic N) is 2. The van der Waals surface area contributed by atoms with E-state index in [1.165, 1.54) is 6.33 Å². The largest absolute Gasteiger partial charge is 0.336 e. The Bertz CT molecular complexity index is 268. The van der Waals surface area contributed by atoms with E-state index in [0.717, 1.165) is 0 Å². The summed E-state index contributed by atoms with van der Waals surface area (Å²) in [5.74, 6) is 0. The maximum atomic E-state index is 12.1. The fourth-order valence-electron chi connectivity index (χ4n) is 0.968. The third-order valence-corrected chi connectivity index (χ3v) is 2.08. The third-order valence-electron chi connectivity index (χ3n) is 1.76. The van der Waals surface area contributed by atoms with Crippen molar-refractivity contribution >= 4 is 11.6 Å². The summed E-state index contributed by atoms with van der Waals surface area (Å²) in [5.41, 5.74) is 5.73. The lowest BCUT2D eigenvalue weighted by Crippen LogP contribution is -2.31. The van der Waals surface area contributed by atoms with Gasteiger partial charge in [0.15, 0.2) is 0 Å². The zero-order valence-corrected chi connectivity index (χ0v) is 7.80. The van der Waals surface area contributed by atoms with Gasteiger partial charge in [-0.15, -0.1) is 0 Å². The van der Waals surface area contributed by atoms with E-state index in [1.807, 2.05) is 0 Å². The molecule has 0 spiro atoms. The van der Waals surface area contributed by atoms with Crippen molar-refractivity contribution < 1.29 is 8.78 Å². The molecule has 0 aliphatic heterocycles. The maximum absolute atomic E-state index is 12.1. The molecule has 1 atom stereocenters. The topological polar surface area (TPSA) is 43.8 Å². The Kier molecular flexibility index (Phi) is 3.22. The molecule has 0 saturated heterocycles. The van der Waals surface area contributed by atoms with Crippen LogP contribution in [0.15, 0.2) is 6.33 Å². The fraction of sp³-hybridized carbons (Fsp3) is 0.571. The highest BCUT2D eigenvalue weighted by atomic mass is 35.5. The lowest BCUT2D eigenvalue weighted by atomic mass is 10.2. The van der Waals surface area contributed by atoms with Crippen LogP contribution < -0.4 is 5.73 Å². The standard InChI is InChI=1S/C7H10ClF2N3/c1-13-3-12-6(8)5(13)2-4(11)7(9)10/h3-4,7H,2,11H2,1H3. The average molecular weight is 210 g/mol. The Balaban J connectivity index is 2.73. The van der Waals surface area contributed by atoms with E-state index in [-0.39, 0.29) is 11.6 Å². The molecule has 1 aromatic rings. The number of nitrogens with two attached hydrogens (primary N) is 1. The van der Waals surface area contributed by atoms with E-state index in [9.17, 15) is 8.78 Å². The zero-order chi connectivity index (χ0) is 10.0. The van der Waals surface area contributed by atoms with E-state index in [0.29, 0.717) is 5.69 Å². The van der Waals surface area contributed by atoms with E-state index in [2.05, 4.69) is 4.98 Å². The number of aromatic nitrogens is 2. The predicted molar refractivity (Wildman–Crippen MR) is 45.9 cm³/mol. The second-order valence-corrected chi connectivity index (χ2v) is 3.15. The van der Waals surface area contributed by atoms with Gasteiger partial charge in [0.05, 0.1) is 18.1 Å². The van der Waals surface area contributed by atoms with Crippen molar-refractivity contribution in [1.82, 2.24) is 9.55 Å². The molecule has 0 amide bonds. The van der Waals surface area contributed by atoms with Crippen LogP contribution in [0.25, 0.3) is 0 Å². The minimum absolute atomic E-state index is 0.0347. The molecule has 2 N–H and O–H groups in total. The number of hydrogen-bond donors (Lipinski definition) is 1. The van der Waals surface area contributed by atoms with Gasteiger partial charge in [-0.3, -0.25) is 0 Å². The lowest BCUT2D eigenvalue weighted by molar-refractivity contribution is 0.115. The summed E-state index contributed by atoms with van der Waals surface area (Å²) < 4.78 is 25.8. The molecule has 0 saturated carbocycles. The second kappa shape index (κ2) is 4.02. The molecule has 6 heteroatoms. The number of alkyl halides is 2. The quantitative estimate of drug-likeness (QED) is 0.813. The molecule has 3 nitrogen and oxygen atoms in total.